The third-order valence-electron chi connectivity index (χ3n) is 4.12. The number of rotatable bonds is 4. The van der Waals surface area contributed by atoms with Crippen LogP contribution in [0.5, 0.6) is 11.5 Å². The second-order valence-corrected chi connectivity index (χ2v) is 6.05. The van der Waals surface area contributed by atoms with Gasteiger partial charge in [-0.25, -0.2) is 14.4 Å². The van der Waals surface area contributed by atoms with Gasteiger partial charge in [-0.2, -0.15) is 0 Å². The van der Waals surface area contributed by atoms with Crippen LogP contribution in [-0.4, -0.2) is 42.4 Å². The summed E-state index contributed by atoms with van der Waals surface area (Å²) in [6, 6.07) is 7.16. The fourth-order valence-corrected chi connectivity index (χ4v) is 2.90. The number of aromatic nitrogens is 2. The summed E-state index contributed by atoms with van der Waals surface area (Å²) in [5, 5.41) is 0.395. The Balaban J connectivity index is 1.65. The molecule has 0 saturated carbocycles. The molecule has 2 aromatic rings. The molecule has 0 amide bonds. The van der Waals surface area contributed by atoms with Gasteiger partial charge in [-0.15, -0.1) is 0 Å². The van der Waals surface area contributed by atoms with E-state index in [0.717, 1.165) is 11.3 Å². The van der Waals surface area contributed by atoms with Gasteiger partial charge >= 0.3 is 0 Å². The van der Waals surface area contributed by atoms with E-state index in [4.69, 9.17) is 21.1 Å². The van der Waals surface area contributed by atoms with Gasteiger partial charge in [0.05, 0.1) is 13.7 Å². The van der Waals surface area contributed by atoms with E-state index in [1.165, 1.54) is 6.33 Å². The number of methoxy groups -OCH3 is 1. The average Bonchev–Trinajstić information content (AvgIpc) is 2.60. The van der Waals surface area contributed by atoms with Crippen molar-refractivity contribution in [3.63, 3.8) is 0 Å². The van der Waals surface area contributed by atoms with Crippen LogP contribution < -0.4 is 14.4 Å². The summed E-state index contributed by atoms with van der Waals surface area (Å²) in [4.78, 5) is 10.1. The summed E-state index contributed by atoms with van der Waals surface area (Å²) >= 11 is 6.02. The van der Waals surface area contributed by atoms with Crippen LogP contribution >= 0.6 is 11.6 Å². The fourth-order valence-electron chi connectivity index (χ4n) is 2.78. The summed E-state index contributed by atoms with van der Waals surface area (Å²) < 4.78 is 25.5. The molecule has 1 fully saturated rings. The van der Waals surface area contributed by atoms with Gasteiger partial charge in [-0.05, 0) is 31.2 Å². The first-order valence-corrected chi connectivity index (χ1v) is 8.13. The molecule has 5 nitrogen and oxygen atoms in total. The lowest BCUT2D eigenvalue weighted by molar-refractivity contribution is 0.0818. The molecule has 1 aromatic heterocycles. The number of piperidine rings is 1. The van der Waals surface area contributed by atoms with E-state index in [0.29, 0.717) is 29.7 Å². The van der Waals surface area contributed by atoms with Crippen molar-refractivity contribution in [1.29, 1.82) is 0 Å². The number of ether oxygens (including phenoxy) is 2. The van der Waals surface area contributed by atoms with Crippen molar-refractivity contribution in [2.45, 2.75) is 25.6 Å². The lowest BCUT2D eigenvalue weighted by atomic mass is 10.1. The molecule has 24 heavy (non-hydrogen) atoms. The van der Waals surface area contributed by atoms with Crippen molar-refractivity contribution in [2.75, 3.05) is 25.1 Å². The fraction of sp³-hybridized carbons (Fsp3) is 0.412. The number of hydrogen-bond acceptors (Lipinski definition) is 5. The first-order valence-electron chi connectivity index (χ1n) is 7.75. The van der Waals surface area contributed by atoms with Crippen LogP contribution in [0.25, 0.3) is 0 Å². The lowest BCUT2D eigenvalue weighted by Gasteiger charge is -2.36. The molecule has 0 aliphatic carbocycles. The van der Waals surface area contributed by atoms with Gasteiger partial charge in [0.25, 0.3) is 0 Å². The zero-order valence-electron chi connectivity index (χ0n) is 13.6. The van der Waals surface area contributed by atoms with Crippen LogP contribution in [0, 0.1) is 6.92 Å². The number of nitrogens with zero attached hydrogens (tertiary/aromatic N) is 3. The standard InChI is InChI=1S/C17H19ClFN3O2/c1-11-16(18)20-10-21-17(11)22-8-7-15(14(19)9-22)24-13-5-3-12(23-2)4-6-13/h3-6,10,14-15H,7-9H2,1-2H3/t14-,15+/m0/s1. The Morgan fingerprint density at radius 1 is 1.21 bits per heavy atom. The first-order chi connectivity index (χ1) is 11.6. The minimum Gasteiger partial charge on any atom is -0.497 e. The molecule has 0 bridgehead atoms. The van der Waals surface area contributed by atoms with Crippen molar-refractivity contribution in [3.8, 4) is 11.5 Å². The maximum Gasteiger partial charge on any atom is 0.154 e. The summed E-state index contributed by atoms with van der Waals surface area (Å²) in [6.07, 6.45) is 0.368. The van der Waals surface area contributed by atoms with Crippen LogP contribution in [0.2, 0.25) is 5.15 Å². The number of anilines is 1. The molecule has 0 N–H and O–H groups in total. The zero-order chi connectivity index (χ0) is 17.1. The Morgan fingerprint density at radius 2 is 1.92 bits per heavy atom. The normalized spacial score (nSPS) is 20.8. The molecule has 2 heterocycles. The van der Waals surface area contributed by atoms with E-state index in [2.05, 4.69) is 9.97 Å². The number of halogens is 2. The van der Waals surface area contributed by atoms with Gasteiger partial charge in [-0.3, -0.25) is 0 Å². The van der Waals surface area contributed by atoms with Gasteiger partial charge in [0.1, 0.15) is 34.9 Å². The predicted molar refractivity (Wildman–Crippen MR) is 90.9 cm³/mol. The Labute approximate surface area is 145 Å². The van der Waals surface area contributed by atoms with Gasteiger partial charge < -0.3 is 14.4 Å². The highest BCUT2D eigenvalue weighted by Crippen LogP contribution is 2.28. The summed E-state index contributed by atoms with van der Waals surface area (Å²) in [5.41, 5.74) is 0.765. The monoisotopic (exact) mass is 351 g/mol. The molecule has 0 radical (unpaired) electrons. The maximum atomic E-state index is 14.6. The van der Waals surface area contributed by atoms with Crippen LogP contribution in [-0.2, 0) is 0 Å². The van der Waals surface area contributed by atoms with E-state index in [9.17, 15) is 4.39 Å². The van der Waals surface area contributed by atoms with Crippen molar-refractivity contribution >= 4 is 17.4 Å². The molecule has 0 spiro atoms. The summed E-state index contributed by atoms with van der Waals surface area (Å²) in [7, 11) is 1.60. The summed E-state index contributed by atoms with van der Waals surface area (Å²) in [5.74, 6) is 2.06. The second kappa shape index (κ2) is 7.21. The van der Waals surface area contributed by atoms with Gasteiger partial charge in [0.2, 0.25) is 0 Å². The van der Waals surface area contributed by atoms with E-state index < -0.39 is 12.3 Å². The average molecular weight is 352 g/mol. The van der Waals surface area contributed by atoms with E-state index in [-0.39, 0.29) is 6.54 Å². The molecule has 1 aliphatic heterocycles. The largest absolute Gasteiger partial charge is 0.497 e. The molecule has 1 saturated heterocycles. The molecule has 128 valence electrons. The lowest BCUT2D eigenvalue weighted by Crippen LogP contribution is -2.47. The van der Waals surface area contributed by atoms with Gasteiger partial charge in [0, 0.05) is 18.5 Å². The van der Waals surface area contributed by atoms with Crippen molar-refractivity contribution in [1.82, 2.24) is 9.97 Å². The minimum absolute atomic E-state index is 0.217. The third kappa shape index (κ3) is 3.53. The minimum atomic E-state index is -1.12. The highest BCUT2D eigenvalue weighted by atomic mass is 35.5. The Hall–Kier alpha value is -2.08. The molecule has 3 rings (SSSR count). The Morgan fingerprint density at radius 3 is 2.58 bits per heavy atom. The van der Waals surface area contributed by atoms with E-state index in [1.54, 1.807) is 31.4 Å². The maximum absolute atomic E-state index is 14.6. The van der Waals surface area contributed by atoms with Crippen LogP contribution in [0.1, 0.15) is 12.0 Å². The molecule has 2 atom stereocenters. The second-order valence-electron chi connectivity index (χ2n) is 5.70. The van der Waals surface area contributed by atoms with E-state index >= 15 is 0 Å². The van der Waals surface area contributed by atoms with Crippen molar-refractivity contribution in [2.24, 2.45) is 0 Å². The van der Waals surface area contributed by atoms with E-state index in [1.807, 2.05) is 11.8 Å². The Kier molecular flexibility index (Phi) is 5.04. The smallest absolute Gasteiger partial charge is 0.154 e. The van der Waals surface area contributed by atoms with Crippen LogP contribution in [0.15, 0.2) is 30.6 Å². The molecular formula is C17H19ClFN3O2. The molecular weight excluding hydrogens is 333 g/mol. The highest BCUT2D eigenvalue weighted by molar-refractivity contribution is 6.30. The van der Waals surface area contributed by atoms with Crippen molar-refractivity contribution in [3.05, 3.63) is 41.3 Å². The number of hydrogen-bond donors (Lipinski definition) is 0. The van der Waals surface area contributed by atoms with Crippen LogP contribution in [0.4, 0.5) is 10.2 Å². The molecule has 1 aromatic carbocycles. The summed E-state index contributed by atoms with van der Waals surface area (Å²) in [6.45, 7) is 2.70. The molecule has 0 unspecified atom stereocenters. The Bertz CT molecular complexity index is 699. The van der Waals surface area contributed by atoms with Crippen molar-refractivity contribution < 1.29 is 13.9 Å². The predicted octanol–water partition coefficient (Wildman–Crippen LogP) is 3.44. The first kappa shape index (κ1) is 16.8. The van der Waals surface area contributed by atoms with Crippen LogP contribution in [0.3, 0.4) is 0 Å². The molecule has 1 aliphatic rings. The third-order valence-corrected chi connectivity index (χ3v) is 4.51. The highest BCUT2D eigenvalue weighted by Gasteiger charge is 2.32. The SMILES string of the molecule is COc1ccc(O[C@@H]2CCN(c3ncnc(Cl)c3C)C[C@@H]2F)cc1. The molecule has 7 heteroatoms. The topological polar surface area (TPSA) is 47.5 Å². The zero-order valence-corrected chi connectivity index (χ0v) is 14.3. The number of alkyl halides is 1. The van der Waals surface area contributed by atoms with Gasteiger partial charge in [-0.1, -0.05) is 11.6 Å². The van der Waals surface area contributed by atoms with Gasteiger partial charge in [0.15, 0.2) is 6.17 Å². The number of benzene rings is 1. The quantitative estimate of drug-likeness (QED) is 0.790.